The van der Waals surface area contributed by atoms with Gasteiger partial charge in [-0.15, -0.1) is 0 Å². The van der Waals surface area contributed by atoms with Crippen LogP contribution in [0.15, 0.2) is 6.33 Å². The number of rotatable bonds is 1. The number of aryl methyl sites for hydroxylation is 2. The van der Waals surface area contributed by atoms with Crippen LogP contribution in [-0.4, -0.2) is 9.97 Å². The fourth-order valence-corrected chi connectivity index (χ4v) is 0.815. The number of nitrogens with two attached hydrogens (primary N) is 1. The van der Waals surface area contributed by atoms with Gasteiger partial charge in [-0.25, -0.2) is 9.97 Å². The van der Waals surface area contributed by atoms with Crippen molar-refractivity contribution in [1.29, 1.82) is 0 Å². The topological polar surface area (TPSA) is 51.8 Å². The molecule has 0 spiro atoms. The molecule has 0 aromatic carbocycles. The van der Waals surface area contributed by atoms with Gasteiger partial charge in [0.15, 0.2) is 0 Å². The van der Waals surface area contributed by atoms with Crippen LogP contribution in [0.25, 0.3) is 0 Å². The lowest BCUT2D eigenvalue weighted by Crippen LogP contribution is -2.00. The van der Waals surface area contributed by atoms with E-state index in [9.17, 15) is 0 Å². The van der Waals surface area contributed by atoms with Crippen molar-refractivity contribution < 1.29 is 0 Å². The van der Waals surface area contributed by atoms with Crippen LogP contribution in [0, 0.1) is 6.92 Å². The predicted octanol–water partition coefficient (Wildman–Crippen LogP) is 0.930. The molecule has 0 atom stereocenters. The fourth-order valence-electron chi connectivity index (χ4n) is 0.815. The maximum atomic E-state index is 5.67. The second-order valence-corrected chi connectivity index (χ2v) is 2.17. The van der Waals surface area contributed by atoms with Crippen molar-refractivity contribution in [2.75, 3.05) is 5.73 Å². The summed E-state index contributed by atoms with van der Waals surface area (Å²) in [4.78, 5) is 7.97. The van der Waals surface area contributed by atoms with Crippen LogP contribution in [0.3, 0.4) is 0 Å². The average molecular weight is 137 g/mol. The van der Waals surface area contributed by atoms with Gasteiger partial charge in [-0.1, -0.05) is 6.92 Å². The predicted molar refractivity (Wildman–Crippen MR) is 40.6 cm³/mol. The third kappa shape index (κ3) is 1.07. The summed E-state index contributed by atoms with van der Waals surface area (Å²) in [7, 11) is 0. The summed E-state index contributed by atoms with van der Waals surface area (Å²) in [5.41, 5.74) is 8.20. The Kier molecular flexibility index (Phi) is 1.85. The summed E-state index contributed by atoms with van der Waals surface area (Å²) in [6.07, 6.45) is 2.42. The minimum absolute atomic E-state index is 0.727. The number of aromatic nitrogens is 2. The van der Waals surface area contributed by atoms with Gasteiger partial charge in [-0.05, 0) is 13.3 Å². The highest BCUT2D eigenvalue weighted by Crippen LogP contribution is 2.10. The van der Waals surface area contributed by atoms with E-state index < -0.39 is 0 Å². The van der Waals surface area contributed by atoms with Gasteiger partial charge in [0.1, 0.15) is 6.33 Å². The molecule has 1 aromatic rings. The van der Waals surface area contributed by atoms with Gasteiger partial charge >= 0.3 is 0 Å². The first-order valence-electron chi connectivity index (χ1n) is 3.31. The molecule has 0 aliphatic rings. The van der Waals surface area contributed by atoms with Gasteiger partial charge < -0.3 is 5.73 Å². The molecule has 2 N–H and O–H groups in total. The van der Waals surface area contributed by atoms with Crippen molar-refractivity contribution in [2.45, 2.75) is 20.3 Å². The van der Waals surface area contributed by atoms with Gasteiger partial charge in [0.05, 0.1) is 17.1 Å². The zero-order chi connectivity index (χ0) is 7.56. The molecule has 1 heterocycles. The van der Waals surface area contributed by atoms with E-state index in [1.54, 1.807) is 6.33 Å². The Bertz CT molecular complexity index is 232. The van der Waals surface area contributed by atoms with Crippen LogP contribution in [0.5, 0.6) is 0 Å². The third-order valence-electron chi connectivity index (χ3n) is 1.50. The maximum absolute atomic E-state index is 5.67. The number of nitrogen functional groups attached to an aromatic ring is 1. The first-order valence-corrected chi connectivity index (χ1v) is 3.31. The summed E-state index contributed by atoms with van der Waals surface area (Å²) in [6.45, 7) is 3.91. The molecule has 0 fully saturated rings. The first kappa shape index (κ1) is 6.99. The van der Waals surface area contributed by atoms with Crippen LogP contribution in [0.1, 0.15) is 18.3 Å². The normalized spacial score (nSPS) is 9.80. The second kappa shape index (κ2) is 2.64. The van der Waals surface area contributed by atoms with E-state index in [1.807, 2.05) is 13.8 Å². The van der Waals surface area contributed by atoms with E-state index in [4.69, 9.17) is 5.73 Å². The molecule has 0 saturated carbocycles. The first-order chi connectivity index (χ1) is 4.75. The van der Waals surface area contributed by atoms with Gasteiger partial charge in [0.2, 0.25) is 0 Å². The van der Waals surface area contributed by atoms with Crippen LogP contribution >= 0.6 is 0 Å². The maximum Gasteiger partial charge on any atom is 0.116 e. The Morgan fingerprint density at radius 1 is 1.50 bits per heavy atom. The fraction of sp³-hybridized carbons (Fsp3) is 0.429. The number of hydrogen-bond donors (Lipinski definition) is 1. The molecule has 10 heavy (non-hydrogen) atoms. The molecule has 3 nitrogen and oxygen atoms in total. The largest absolute Gasteiger partial charge is 0.396 e. The van der Waals surface area contributed by atoms with Crippen molar-refractivity contribution in [3.05, 3.63) is 17.7 Å². The molecule has 0 radical (unpaired) electrons. The SMILES string of the molecule is CCc1ncnc(C)c1N. The summed E-state index contributed by atoms with van der Waals surface area (Å²) >= 11 is 0. The highest BCUT2D eigenvalue weighted by atomic mass is 14.9. The molecule has 0 aliphatic carbocycles. The van der Waals surface area contributed by atoms with Crippen molar-refractivity contribution in [3.63, 3.8) is 0 Å². The van der Waals surface area contributed by atoms with Gasteiger partial charge in [0.25, 0.3) is 0 Å². The lowest BCUT2D eigenvalue weighted by Gasteiger charge is -2.01. The van der Waals surface area contributed by atoms with Crippen LogP contribution in [0.4, 0.5) is 5.69 Å². The van der Waals surface area contributed by atoms with Crippen LogP contribution in [-0.2, 0) is 6.42 Å². The van der Waals surface area contributed by atoms with Gasteiger partial charge in [-0.3, -0.25) is 0 Å². The summed E-state index contributed by atoms with van der Waals surface area (Å²) in [5, 5.41) is 0. The Labute approximate surface area is 60.3 Å². The molecule has 1 rings (SSSR count). The molecule has 0 aliphatic heterocycles. The minimum Gasteiger partial charge on any atom is -0.396 e. The summed E-state index contributed by atoms with van der Waals surface area (Å²) in [6, 6.07) is 0. The van der Waals surface area contributed by atoms with E-state index in [0.29, 0.717) is 0 Å². The van der Waals surface area contributed by atoms with Gasteiger partial charge in [0, 0.05) is 0 Å². The Hall–Kier alpha value is -1.12. The molecule has 1 aromatic heterocycles. The zero-order valence-electron chi connectivity index (χ0n) is 6.26. The van der Waals surface area contributed by atoms with E-state index in [0.717, 1.165) is 23.5 Å². The molecule has 54 valence electrons. The Morgan fingerprint density at radius 3 is 2.70 bits per heavy atom. The zero-order valence-corrected chi connectivity index (χ0v) is 6.26. The third-order valence-corrected chi connectivity index (χ3v) is 1.50. The van der Waals surface area contributed by atoms with Gasteiger partial charge in [-0.2, -0.15) is 0 Å². The number of hydrogen-bond acceptors (Lipinski definition) is 3. The summed E-state index contributed by atoms with van der Waals surface area (Å²) in [5.74, 6) is 0. The molecule has 0 bridgehead atoms. The Balaban J connectivity index is 3.14. The highest BCUT2D eigenvalue weighted by molar-refractivity contribution is 5.45. The average Bonchev–Trinajstić information content (AvgIpc) is 1.95. The second-order valence-electron chi connectivity index (χ2n) is 2.17. The molecular formula is C7H11N3. The molecule has 3 heteroatoms. The van der Waals surface area contributed by atoms with E-state index in [1.165, 1.54) is 0 Å². The highest BCUT2D eigenvalue weighted by Gasteiger charge is 1.99. The van der Waals surface area contributed by atoms with E-state index in [2.05, 4.69) is 9.97 Å². The van der Waals surface area contributed by atoms with E-state index in [-0.39, 0.29) is 0 Å². The molecule has 0 unspecified atom stereocenters. The molecular weight excluding hydrogens is 126 g/mol. The molecule has 0 saturated heterocycles. The number of anilines is 1. The lowest BCUT2D eigenvalue weighted by molar-refractivity contribution is 0.983. The standard InChI is InChI=1S/C7H11N3/c1-3-6-7(8)5(2)9-4-10-6/h4H,3,8H2,1-2H3. The van der Waals surface area contributed by atoms with Crippen molar-refractivity contribution in [1.82, 2.24) is 9.97 Å². The quantitative estimate of drug-likeness (QED) is 0.626. The Morgan fingerprint density at radius 2 is 2.20 bits per heavy atom. The van der Waals surface area contributed by atoms with Crippen molar-refractivity contribution in [3.8, 4) is 0 Å². The molecule has 0 amide bonds. The van der Waals surface area contributed by atoms with Crippen LogP contribution in [0.2, 0.25) is 0 Å². The van der Waals surface area contributed by atoms with Crippen LogP contribution < -0.4 is 5.73 Å². The van der Waals surface area contributed by atoms with E-state index >= 15 is 0 Å². The lowest BCUT2D eigenvalue weighted by atomic mass is 10.2. The minimum atomic E-state index is 0.727. The summed E-state index contributed by atoms with van der Waals surface area (Å²) < 4.78 is 0. The van der Waals surface area contributed by atoms with Crippen molar-refractivity contribution in [2.24, 2.45) is 0 Å². The number of nitrogens with zero attached hydrogens (tertiary/aromatic N) is 2. The smallest absolute Gasteiger partial charge is 0.116 e. The van der Waals surface area contributed by atoms with Crippen molar-refractivity contribution >= 4 is 5.69 Å². The monoisotopic (exact) mass is 137 g/mol.